The van der Waals surface area contributed by atoms with Crippen LogP contribution in [0.5, 0.6) is 0 Å². The van der Waals surface area contributed by atoms with Crippen molar-refractivity contribution in [1.29, 1.82) is 0 Å². The molecule has 2 saturated heterocycles. The van der Waals surface area contributed by atoms with Gasteiger partial charge in [0.1, 0.15) is 6.54 Å². The Balaban J connectivity index is 1.11. The van der Waals surface area contributed by atoms with Gasteiger partial charge in [-0.1, -0.05) is 24.3 Å². The summed E-state index contributed by atoms with van der Waals surface area (Å²) in [6, 6.07) is 14.3. The average Bonchev–Trinajstić information content (AvgIpc) is 3.47. The Bertz CT molecular complexity index is 1300. The van der Waals surface area contributed by atoms with Gasteiger partial charge in [0.25, 0.3) is 0 Å². The second kappa shape index (κ2) is 9.90. The maximum atomic E-state index is 13.1. The molecule has 206 valence electrons. The zero-order valence-electron chi connectivity index (χ0n) is 22.9. The van der Waals surface area contributed by atoms with Crippen molar-refractivity contribution >= 4 is 23.2 Å². The van der Waals surface area contributed by atoms with E-state index in [0.717, 1.165) is 74.6 Å². The van der Waals surface area contributed by atoms with Crippen molar-refractivity contribution < 1.29 is 19.2 Å². The number of ether oxygens (including phenoxy) is 1. The number of carbonyl (C=O) groups excluding carboxylic acids is 2. The summed E-state index contributed by atoms with van der Waals surface area (Å²) >= 11 is 0. The number of likely N-dealkylation sites (tertiary alicyclic amines) is 1. The van der Waals surface area contributed by atoms with Crippen LogP contribution in [-0.2, 0) is 37.4 Å². The third kappa shape index (κ3) is 4.75. The Kier molecular flexibility index (Phi) is 6.53. The minimum absolute atomic E-state index is 0.0966. The van der Waals surface area contributed by atoms with Gasteiger partial charge in [-0.25, -0.2) is 5.06 Å². The monoisotopic (exact) mass is 530 g/mol. The van der Waals surface area contributed by atoms with Gasteiger partial charge in [-0.05, 0) is 87.4 Å². The maximum Gasteiger partial charge on any atom is 0.246 e. The summed E-state index contributed by atoms with van der Waals surface area (Å²) in [6.45, 7) is 11.2. The molecule has 1 aliphatic carbocycles. The van der Waals surface area contributed by atoms with E-state index in [1.807, 2.05) is 38.1 Å². The predicted molar refractivity (Wildman–Crippen MR) is 150 cm³/mol. The number of fused-ring (bicyclic) bond motifs is 3. The van der Waals surface area contributed by atoms with Gasteiger partial charge < -0.3 is 20.3 Å². The highest BCUT2D eigenvalue weighted by Crippen LogP contribution is 2.45. The van der Waals surface area contributed by atoms with Crippen molar-refractivity contribution in [2.24, 2.45) is 5.41 Å². The molecule has 2 N–H and O–H groups in total. The number of hydrogen-bond donors (Lipinski definition) is 2. The van der Waals surface area contributed by atoms with Crippen molar-refractivity contribution in [3.63, 3.8) is 0 Å². The van der Waals surface area contributed by atoms with Crippen LogP contribution in [-0.4, -0.2) is 55.6 Å². The van der Waals surface area contributed by atoms with Crippen molar-refractivity contribution in [3.05, 3.63) is 71.6 Å². The number of para-hydroxylation sites is 1. The molecule has 1 unspecified atom stereocenters. The number of hydrogen-bond acceptors (Lipinski definition) is 6. The lowest BCUT2D eigenvalue weighted by Gasteiger charge is -2.48. The number of hydroxylamine groups is 1. The van der Waals surface area contributed by atoms with Gasteiger partial charge >= 0.3 is 0 Å². The van der Waals surface area contributed by atoms with E-state index in [-0.39, 0.29) is 35.3 Å². The van der Waals surface area contributed by atoms with Gasteiger partial charge in [0, 0.05) is 30.7 Å². The first-order valence-electron chi connectivity index (χ1n) is 14.1. The minimum atomic E-state index is -0.308. The summed E-state index contributed by atoms with van der Waals surface area (Å²) < 4.78 is 5.83. The van der Waals surface area contributed by atoms with E-state index in [0.29, 0.717) is 6.61 Å². The van der Waals surface area contributed by atoms with E-state index in [4.69, 9.17) is 9.57 Å². The lowest BCUT2D eigenvalue weighted by atomic mass is 9.72. The van der Waals surface area contributed by atoms with Crippen molar-refractivity contribution in [2.75, 3.05) is 43.2 Å². The van der Waals surface area contributed by atoms with E-state index < -0.39 is 0 Å². The Labute approximate surface area is 230 Å². The molecule has 4 aliphatic rings. The minimum Gasteiger partial charge on any atom is -0.477 e. The largest absolute Gasteiger partial charge is 0.477 e. The number of nitrogens with one attached hydrogen (secondary N) is 2. The van der Waals surface area contributed by atoms with E-state index in [9.17, 15) is 9.59 Å². The highest BCUT2D eigenvalue weighted by atomic mass is 16.7. The van der Waals surface area contributed by atoms with Crippen LogP contribution in [0.1, 0.15) is 49.8 Å². The SMILES string of the molecule is C=C(OC(C)C)N1CCC2(CC1)CON(CC(=O)Nc1ccc3c(c1)CC1(CCNC1=O)C3)c1ccccc12. The lowest BCUT2D eigenvalue weighted by molar-refractivity contribution is -0.127. The van der Waals surface area contributed by atoms with Gasteiger partial charge in [-0.15, -0.1) is 0 Å². The van der Waals surface area contributed by atoms with Gasteiger partial charge in [-0.3, -0.25) is 14.4 Å². The van der Waals surface area contributed by atoms with Crippen molar-refractivity contribution in [2.45, 2.75) is 57.5 Å². The second-order valence-electron chi connectivity index (χ2n) is 11.8. The fraction of sp³-hybridized carbons (Fsp3) is 0.484. The number of benzene rings is 2. The Morgan fingerprint density at radius 2 is 1.87 bits per heavy atom. The van der Waals surface area contributed by atoms with Crippen LogP contribution < -0.4 is 15.7 Å². The Morgan fingerprint density at radius 1 is 1.10 bits per heavy atom. The van der Waals surface area contributed by atoms with Crippen LogP contribution in [0.2, 0.25) is 0 Å². The molecule has 2 amide bonds. The number of amides is 2. The first-order chi connectivity index (χ1) is 18.8. The number of piperidine rings is 1. The van der Waals surface area contributed by atoms with Crippen molar-refractivity contribution in [3.8, 4) is 0 Å². The summed E-state index contributed by atoms with van der Waals surface area (Å²) in [5.41, 5.74) is 4.89. The molecule has 2 spiro atoms. The quantitative estimate of drug-likeness (QED) is 0.551. The van der Waals surface area contributed by atoms with Gasteiger partial charge in [-0.2, -0.15) is 0 Å². The lowest BCUT2D eigenvalue weighted by Crippen LogP contribution is -2.50. The number of anilines is 2. The van der Waals surface area contributed by atoms with Crippen molar-refractivity contribution in [1.82, 2.24) is 10.2 Å². The molecule has 2 aromatic carbocycles. The average molecular weight is 531 g/mol. The molecule has 8 nitrogen and oxygen atoms in total. The van der Waals surface area contributed by atoms with Gasteiger partial charge in [0.2, 0.25) is 11.8 Å². The maximum absolute atomic E-state index is 13.1. The highest BCUT2D eigenvalue weighted by Gasteiger charge is 2.47. The van der Waals surface area contributed by atoms with Gasteiger partial charge in [0.05, 0.1) is 23.8 Å². The highest BCUT2D eigenvalue weighted by molar-refractivity contribution is 5.94. The predicted octanol–water partition coefficient (Wildman–Crippen LogP) is 3.91. The van der Waals surface area contributed by atoms with E-state index in [1.54, 1.807) is 5.06 Å². The zero-order chi connectivity index (χ0) is 27.2. The third-order valence-electron chi connectivity index (χ3n) is 8.89. The summed E-state index contributed by atoms with van der Waals surface area (Å²) in [4.78, 5) is 34.1. The molecule has 0 bridgehead atoms. The first kappa shape index (κ1) is 25.7. The first-order valence-corrected chi connectivity index (χ1v) is 14.1. The van der Waals surface area contributed by atoms with E-state index >= 15 is 0 Å². The fourth-order valence-corrected chi connectivity index (χ4v) is 6.78. The van der Waals surface area contributed by atoms with E-state index in [1.165, 1.54) is 11.1 Å². The fourth-order valence-electron chi connectivity index (χ4n) is 6.78. The molecule has 6 rings (SSSR count). The van der Waals surface area contributed by atoms with Crippen LogP contribution in [0.4, 0.5) is 11.4 Å². The Morgan fingerprint density at radius 3 is 2.62 bits per heavy atom. The van der Waals surface area contributed by atoms with Crippen LogP contribution >= 0.6 is 0 Å². The molecule has 3 aliphatic heterocycles. The molecule has 2 aromatic rings. The second-order valence-corrected chi connectivity index (χ2v) is 11.8. The number of carbonyl (C=O) groups is 2. The topological polar surface area (TPSA) is 83.1 Å². The Hall–Kier alpha value is -3.52. The third-order valence-corrected chi connectivity index (χ3v) is 8.89. The summed E-state index contributed by atoms with van der Waals surface area (Å²) in [7, 11) is 0. The molecule has 2 fully saturated rings. The van der Waals surface area contributed by atoms with E-state index in [2.05, 4.69) is 40.3 Å². The van der Waals surface area contributed by atoms with Crippen LogP contribution in [0, 0.1) is 5.41 Å². The van der Waals surface area contributed by atoms with Crippen LogP contribution in [0.3, 0.4) is 0 Å². The molecule has 1 atom stereocenters. The summed E-state index contributed by atoms with van der Waals surface area (Å²) in [6.07, 6.45) is 4.34. The summed E-state index contributed by atoms with van der Waals surface area (Å²) in [5, 5.41) is 7.77. The molecule has 0 radical (unpaired) electrons. The van der Waals surface area contributed by atoms with Gasteiger partial charge in [0.15, 0.2) is 5.88 Å². The van der Waals surface area contributed by atoms with Crippen LogP contribution in [0.25, 0.3) is 0 Å². The summed E-state index contributed by atoms with van der Waals surface area (Å²) in [5.74, 6) is 0.753. The molecular formula is C31H38N4O4. The zero-order valence-corrected chi connectivity index (χ0v) is 22.9. The number of rotatable bonds is 6. The molecule has 0 saturated carbocycles. The smallest absolute Gasteiger partial charge is 0.246 e. The molecule has 39 heavy (non-hydrogen) atoms. The molecule has 3 heterocycles. The molecule has 8 heteroatoms. The standard InChI is InChI=1S/C31H38N4O4/c1-21(2)39-22(3)34-14-11-30(12-15-34)20-38-35(27-7-5-4-6-26(27)30)19-28(36)33-25-9-8-23-17-31(18-24(23)16-25)10-13-32-29(31)37/h4-9,16,21H,3,10-15,17-20H2,1-2H3,(H,32,37)(H,33,36). The molecular weight excluding hydrogens is 492 g/mol. The van der Waals surface area contributed by atoms with Crippen LogP contribution in [0.15, 0.2) is 54.9 Å². The normalized spacial score (nSPS) is 23.1. The molecule has 0 aromatic heterocycles. The number of nitrogens with zero attached hydrogens (tertiary/aromatic N) is 2.